The van der Waals surface area contributed by atoms with Crippen LogP contribution in [-0.2, 0) is 4.79 Å². The summed E-state index contributed by atoms with van der Waals surface area (Å²) in [5.41, 5.74) is 1.01. The van der Waals surface area contributed by atoms with Gasteiger partial charge in [0.15, 0.2) is 0 Å². The molecule has 0 radical (unpaired) electrons. The molecule has 0 N–H and O–H groups in total. The number of carbonyl (C=O) groups is 1. The van der Waals surface area contributed by atoms with Crippen molar-refractivity contribution in [3.8, 4) is 0 Å². The second-order valence-corrected chi connectivity index (χ2v) is 5.26. The fourth-order valence-electron chi connectivity index (χ4n) is 2.60. The smallest absolute Gasteiger partial charge is 0.219 e. The molecular formula is C14H22N4O. The Morgan fingerprint density at radius 2 is 1.95 bits per heavy atom. The van der Waals surface area contributed by atoms with Gasteiger partial charge in [-0.05, 0) is 26.7 Å². The van der Waals surface area contributed by atoms with Gasteiger partial charge >= 0.3 is 0 Å². The molecule has 1 aromatic heterocycles. The Labute approximate surface area is 114 Å². The van der Waals surface area contributed by atoms with Gasteiger partial charge in [0.1, 0.15) is 11.6 Å². The third-order valence-corrected chi connectivity index (χ3v) is 3.79. The normalized spacial score (nSPS) is 16.5. The van der Waals surface area contributed by atoms with Crippen LogP contribution in [0.4, 0.5) is 5.82 Å². The largest absolute Gasteiger partial charge is 0.356 e. The lowest BCUT2D eigenvalue weighted by molar-refractivity contribution is -0.129. The Kier molecular flexibility index (Phi) is 4.02. The summed E-state index contributed by atoms with van der Waals surface area (Å²) in [6.45, 7) is 7.43. The molecule has 1 amide bonds. The van der Waals surface area contributed by atoms with Crippen LogP contribution >= 0.6 is 0 Å². The van der Waals surface area contributed by atoms with E-state index in [-0.39, 0.29) is 5.91 Å². The lowest BCUT2D eigenvalue weighted by Crippen LogP contribution is -2.45. The van der Waals surface area contributed by atoms with Crippen molar-refractivity contribution >= 4 is 11.7 Å². The summed E-state index contributed by atoms with van der Waals surface area (Å²) in [4.78, 5) is 24.3. The van der Waals surface area contributed by atoms with Crippen molar-refractivity contribution in [2.75, 3.05) is 25.0 Å². The van der Waals surface area contributed by atoms with Crippen LogP contribution in [0.1, 0.15) is 31.3 Å². The van der Waals surface area contributed by atoms with Gasteiger partial charge in [0.05, 0.1) is 0 Å². The van der Waals surface area contributed by atoms with Crippen LogP contribution in [0.15, 0.2) is 6.07 Å². The van der Waals surface area contributed by atoms with E-state index in [9.17, 15) is 4.79 Å². The maximum atomic E-state index is 11.4. The summed E-state index contributed by atoms with van der Waals surface area (Å²) in [6, 6.07) is 2.39. The van der Waals surface area contributed by atoms with Crippen LogP contribution in [0.5, 0.6) is 0 Å². The molecule has 2 rings (SSSR count). The molecule has 104 valence electrons. The number of anilines is 1. The van der Waals surface area contributed by atoms with Gasteiger partial charge in [-0.15, -0.1) is 0 Å². The molecule has 5 heteroatoms. The van der Waals surface area contributed by atoms with Gasteiger partial charge in [-0.2, -0.15) is 0 Å². The minimum atomic E-state index is 0.146. The third kappa shape index (κ3) is 3.22. The van der Waals surface area contributed by atoms with Gasteiger partial charge in [0.25, 0.3) is 0 Å². The maximum absolute atomic E-state index is 11.4. The zero-order valence-electron chi connectivity index (χ0n) is 12.2. The fourth-order valence-corrected chi connectivity index (χ4v) is 2.60. The minimum Gasteiger partial charge on any atom is -0.356 e. The highest BCUT2D eigenvalue weighted by Crippen LogP contribution is 2.21. The SMILES string of the molecule is CC(=O)N(C)C1CCN(c2cc(C)nc(C)n2)CC1. The predicted octanol–water partition coefficient (Wildman–Crippen LogP) is 1.54. The summed E-state index contributed by atoms with van der Waals surface area (Å²) in [7, 11) is 1.89. The lowest BCUT2D eigenvalue weighted by atomic mass is 10.0. The first-order valence-corrected chi connectivity index (χ1v) is 6.78. The van der Waals surface area contributed by atoms with E-state index in [4.69, 9.17) is 0 Å². The Bertz CT molecular complexity index is 446. The summed E-state index contributed by atoms with van der Waals surface area (Å²) < 4.78 is 0. The molecule has 1 aromatic rings. The summed E-state index contributed by atoms with van der Waals surface area (Å²) in [6.07, 6.45) is 2.00. The van der Waals surface area contributed by atoms with E-state index in [1.807, 2.05) is 31.9 Å². The predicted molar refractivity (Wildman–Crippen MR) is 75.2 cm³/mol. The van der Waals surface area contributed by atoms with Crippen LogP contribution in [0, 0.1) is 13.8 Å². The number of hydrogen-bond donors (Lipinski definition) is 0. The second-order valence-electron chi connectivity index (χ2n) is 5.26. The zero-order valence-corrected chi connectivity index (χ0v) is 12.2. The van der Waals surface area contributed by atoms with E-state index in [0.29, 0.717) is 6.04 Å². The molecule has 0 unspecified atom stereocenters. The molecule has 0 aliphatic carbocycles. The Morgan fingerprint density at radius 3 is 2.47 bits per heavy atom. The molecule has 0 spiro atoms. The van der Waals surface area contributed by atoms with Crippen molar-refractivity contribution in [3.63, 3.8) is 0 Å². The highest BCUT2D eigenvalue weighted by molar-refractivity contribution is 5.73. The molecule has 5 nitrogen and oxygen atoms in total. The Balaban J connectivity index is 2.01. The topological polar surface area (TPSA) is 49.3 Å². The van der Waals surface area contributed by atoms with Crippen LogP contribution < -0.4 is 4.90 Å². The molecule has 0 atom stereocenters. The first-order chi connectivity index (χ1) is 8.97. The van der Waals surface area contributed by atoms with Crippen LogP contribution in [0.25, 0.3) is 0 Å². The molecule has 1 aliphatic heterocycles. The van der Waals surface area contributed by atoms with Crippen molar-refractivity contribution in [2.24, 2.45) is 0 Å². The molecular weight excluding hydrogens is 240 g/mol. The number of rotatable bonds is 2. The van der Waals surface area contributed by atoms with Gasteiger partial charge in [0, 0.05) is 44.9 Å². The van der Waals surface area contributed by atoms with Gasteiger partial charge < -0.3 is 9.80 Å². The molecule has 0 bridgehead atoms. The second kappa shape index (κ2) is 5.55. The van der Waals surface area contributed by atoms with Crippen LogP contribution in [-0.4, -0.2) is 47.0 Å². The molecule has 1 saturated heterocycles. The van der Waals surface area contributed by atoms with Crippen molar-refractivity contribution < 1.29 is 4.79 Å². The Morgan fingerprint density at radius 1 is 1.32 bits per heavy atom. The summed E-state index contributed by atoms with van der Waals surface area (Å²) in [5, 5.41) is 0. The van der Waals surface area contributed by atoms with E-state index < -0.39 is 0 Å². The number of amides is 1. The molecule has 0 aromatic carbocycles. The van der Waals surface area contributed by atoms with E-state index in [2.05, 4.69) is 14.9 Å². The van der Waals surface area contributed by atoms with Crippen LogP contribution in [0.3, 0.4) is 0 Å². The third-order valence-electron chi connectivity index (χ3n) is 3.79. The number of nitrogens with zero attached hydrogens (tertiary/aromatic N) is 4. The average molecular weight is 262 g/mol. The zero-order chi connectivity index (χ0) is 14.0. The first-order valence-electron chi connectivity index (χ1n) is 6.78. The van der Waals surface area contributed by atoms with E-state index in [0.717, 1.165) is 43.3 Å². The molecule has 0 saturated carbocycles. The monoisotopic (exact) mass is 262 g/mol. The number of hydrogen-bond acceptors (Lipinski definition) is 4. The van der Waals surface area contributed by atoms with Gasteiger partial charge in [-0.3, -0.25) is 4.79 Å². The van der Waals surface area contributed by atoms with Gasteiger partial charge in [0.2, 0.25) is 5.91 Å². The van der Waals surface area contributed by atoms with Crippen LogP contribution in [0.2, 0.25) is 0 Å². The van der Waals surface area contributed by atoms with E-state index in [1.165, 1.54) is 0 Å². The fraction of sp³-hybridized carbons (Fsp3) is 0.643. The van der Waals surface area contributed by atoms with Crippen molar-refractivity contribution in [1.82, 2.24) is 14.9 Å². The van der Waals surface area contributed by atoms with E-state index in [1.54, 1.807) is 6.92 Å². The molecule has 1 fully saturated rings. The number of carbonyl (C=O) groups excluding carboxylic acids is 1. The molecule has 2 heterocycles. The van der Waals surface area contributed by atoms with Crippen molar-refractivity contribution in [3.05, 3.63) is 17.6 Å². The van der Waals surface area contributed by atoms with Crippen molar-refractivity contribution in [1.29, 1.82) is 0 Å². The highest BCUT2D eigenvalue weighted by Gasteiger charge is 2.24. The Hall–Kier alpha value is -1.65. The van der Waals surface area contributed by atoms with E-state index >= 15 is 0 Å². The maximum Gasteiger partial charge on any atom is 0.219 e. The summed E-state index contributed by atoms with van der Waals surface area (Å²) >= 11 is 0. The number of aromatic nitrogens is 2. The average Bonchev–Trinajstić information content (AvgIpc) is 2.37. The van der Waals surface area contributed by atoms with Crippen molar-refractivity contribution in [2.45, 2.75) is 39.7 Å². The number of aryl methyl sites for hydroxylation is 2. The lowest BCUT2D eigenvalue weighted by Gasteiger charge is -2.37. The number of piperidine rings is 1. The molecule has 19 heavy (non-hydrogen) atoms. The molecule has 1 aliphatic rings. The standard InChI is InChI=1S/C14H22N4O/c1-10-9-14(16-11(2)15-10)18-7-5-13(6-8-18)17(4)12(3)19/h9,13H,5-8H2,1-4H3. The summed E-state index contributed by atoms with van der Waals surface area (Å²) in [5.74, 6) is 1.97. The van der Waals surface area contributed by atoms with Gasteiger partial charge in [-0.25, -0.2) is 9.97 Å². The minimum absolute atomic E-state index is 0.146. The highest BCUT2D eigenvalue weighted by atomic mass is 16.2. The van der Waals surface area contributed by atoms with Gasteiger partial charge in [-0.1, -0.05) is 0 Å². The quantitative estimate of drug-likeness (QED) is 0.811. The first kappa shape index (κ1) is 13.8.